The number of hydrogen-bond donors (Lipinski definition) is 2. The van der Waals surface area contributed by atoms with Gasteiger partial charge in [-0.15, -0.1) is 0 Å². The van der Waals surface area contributed by atoms with Gasteiger partial charge in [-0.25, -0.2) is 0 Å². The van der Waals surface area contributed by atoms with Gasteiger partial charge < -0.3 is 10.6 Å². The zero-order valence-electron chi connectivity index (χ0n) is 12.3. The molecule has 2 rings (SSSR count). The normalized spacial score (nSPS) is 21.3. The van der Waals surface area contributed by atoms with E-state index in [-0.39, 0.29) is 0 Å². The Balaban J connectivity index is 1.93. The van der Waals surface area contributed by atoms with E-state index in [1.165, 1.54) is 25.7 Å². The van der Waals surface area contributed by atoms with Gasteiger partial charge in [-0.05, 0) is 73.3 Å². The van der Waals surface area contributed by atoms with E-state index in [1.807, 2.05) is 13.0 Å². The zero-order chi connectivity index (χ0) is 14.5. The molecule has 1 saturated heterocycles. The molecule has 0 radical (unpaired) electrons. The van der Waals surface area contributed by atoms with Crippen molar-refractivity contribution in [3.63, 3.8) is 0 Å². The second-order valence-corrected chi connectivity index (χ2v) is 7.12. The van der Waals surface area contributed by atoms with Gasteiger partial charge in [0.05, 0.1) is 5.69 Å². The van der Waals surface area contributed by atoms with E-state index >= 15 is 0 Å². The van der Waals surface area contributed by atoms with Crippen LogP contribution in [0.5, 0.6) is 0 Å². The molecule has 1 aromatic rings. The summed E-state index contributed by atoms with van der Waals surface area (Å²) in [5.74, 6) is 0. The third kappa shape index (κ3) is 4.64. The summed E-state index contributed by atoms with van der Waals surface area (Å²) in [6.45, 7) is 5.43. The minimum Gasteiger partial charge on any atom is -0.382 e. The molecule has 1 aliphatic rings. The zero-order valence-corrected chi connectivity index (χ0v) is 14.6. The van der Waals surface area contributed by atoms with Crippen molar-refractivity contribution in [3.8, 4) is 0 Å². The van der Waals surface area contributed by atoms with Crippen LogP contribution in [-0.4, -0.2) is 18.6 Å². The molecule has 20 heavy (non-hydrogen) atoms. The van der Waals surface area contributed by atoms with Gasteiger partial charge >= 0.3 is 0 Å². The first kappa shape index (κ1) is 16.1. The monoisotopic (exact) mass is 358 g/mol. The van der Waals surface area contributed by atoms with Crippen molar-refractivity contribution >= 4 is 33.2 Å². The van der Waals surface area contributed by atoms with E-state index in [0.717, 1.165) is 33.7 Å². The van der Waals surface area contributed by atoms with Crippen LogP contribution in [0.3, 0.4) is 0 Å². The summed E-state index contributed by atoms with van der Waals surface area (Å²) < 4.78 is 1.08. The highest BCUT2D eigenvalue weighted by molar-refractivity contribution is 9.10. The van der Waals surface area contributed by atoms with Gasteiger partial charge in [0.15, 0.2) is 0 Å². The molecule has 0 amide bonds. The largest absolute Gasteiger partial charge is 0.382 e. The molecule has 112 valence electrons. The Morgan fingerprint density at radius 1 is 1.40 bits per heavy atom. The van der Waals surface area contributed by atoms with Gasteiger partial charge in [-0.2, -0.15) is 0 Å². The fourth-order valence-electron chi connectivity index (χ4n) is 2.81. The third-order valence-electron chi connectivity index (χ3n) is 3.95. The van der Waals surface area contributed by atoms with Gasteiger partial charge in [0.2, 0.25) is 0 Å². The number of benzene rings is 1. The Labute approximate surface area is 135 Å². The minimum atomic E-state index is 0.431. The Hall–Kier alpha value is -0.250. The standard InChI is InChI=1S/C16H24BrClN2/c1-11-8-14(17)16(10-15(11)18)20-12(2)9-13-6-4-3-5-7-19-13/h8,10,12-13,19-20H,3-7,9H2,1-2H3. The first-order chi connectivity index (χ1) is 9.56. The molecule has 1 aromatic carbocycles. The minimum absolute atomic E-state index is 0.431. The van der Waals surface area contributed by atoms with E-state index in [4.69, 9.17) is 11.6 Å². The highest BCUT2D eigenvalue weighted by atomic mass is 79.9. The van der Waals surface area contributed by atoms with Crippen molar-refractivity contribution in [2.24, 2.45) is 0 Å². The van der Waals surface area contributed by atoms with Crippen molar-refractivity contribution < 1.29 is 0 Å². The molecule has 0 bridgehead atoms. The highest BCUT2D eigenvalue weighted by Gasteiger charge is 2.15. The van der Waals surface area contributed by atoms with E-state index < -0.39 is 0 Å². The van der Waals surface area contributed by atoms with E-state index in [9.17, 15) is 0 Å². The van der Waals surface area contributed by atoms with Crippen molar-refractivity contribution in [2.45, 2.75) is 58.0 Å². The van der Waals surface area contributed by atoms with Gasteiger partial charge in [0.25, 0.3) is 0 Å². The predicted octanol–water partition coefficient (Wildman–Crippen LogP) is 5.13. The molecular weight excluding hydrogens is 336 g/mol. The smallest absolute Gasteiger partial charge is 0.0501 e. The molecule has 2 atom stereocenters. The van der Waals surface area contributed by atoms with Crippen LogP contribution in [0.15, 0.2) is 16.6 Å². The number of anilines is 1. The third-order valence-corrected chi connectivity index (χ3v) is 5.01. The maximum Gasteiger partial charge on any atom is 0.0501 e. The first-order valence-electron chi connectivity index (χ1n) is 7.52. The molecule has 2 unspecified atom stereocenters. The molecule has 0 aromatic heterocycles. The van der Waals surface area contributed by atoms with E-state index in [1.54, 1.807) is 0 Å². The number of nitrogens with one attached hydrogen (secondary N) is 2. The SMILES string of the molecule is Cc1cc(Br)c(NC(C)CC2CCCCCN2)cc1Cl. The number of aryl methyl sites for hydroxylation is 1. The van der Waals surface area contributed by atoms with Crippen LogP contribution in [0.4, 0.5) is 5.69 Å². The van der Waals surface area contributed by atoms with Crippen LogP contribution >= 0.6 is 27.5 Å². The maximum absolute atomic E-state index is 6.21. The maximum atomic E-state index is 6.21. The van der Waals surface area contributed by atoms with Crippen LogP contribution < -0.4 is 10.6 Å². The van der Waals surface area contributed by atoms with Crippen LogP contribution in [-0.2, 0) is 0 Å². The Kier molecular flexibility index (Phi) is 6.19. The summed E-state index contributed by atoms with van der Waals surface area (Å²) in [5.41, 5.74) is 2.18. The number of rotatable bonds is 4. The molecule has 0 spiro atoms. The lowest BCUT2D eigenvalue weighted by atomic mass is 10.0. The Morgan fingerprint density at radius 2 is 2.20 bits per heavy atom. The number of hydrogen-bond acceptors (Lipinski definition) is 2. The lowest BCUT2D eigenvalue weighted by Crippen LogP contribution is -2.33. The summed E-state index contributed by atoms with van der Waals surface area (Å²) in [6, 6.07) is 5.15. The second kappa shape index (κ2) is 7.67. The lowest BCUT2D eigenvalue weighted by Gasteiger charge is -2.23. The summed E-state index contributed by atoms with van der Waals surface area (Å²) in [6.07, 6.45) is 6.48. The van der Waals surface area contributed by atoms with Crippen LogP contribution in [0, 0.1) is 6.92 Å². The average molecular weight is 360 g/mol. The first-order valence-corrected chi connectivity index (χ1v) is 8.69. The average Bonchev–Trinajstić information content (AvgIpc) is 2.64. The molecule has 1 fully saturated rings. The van der Waals surface area contributed by atoms with Crippen LogP contribution in [0.1, 0.15) is 44.6 Å². The predicted molar refractivity (Wildman–Crippen MR) is 91.8 cm³/mol. The molecule has 0 aliphatic carbocycles. The molecule has 1 aliphatic heterocycles. The molecule has 4 heteroatoms. The van der Waals surface area contributed by atoms with Crippen molar-refractivity contribution in [1.29, 1.82) is 0 Å². The molecule has 2 N–H and O–H groups in total. The fraction of sp³-hybridized carbons (Fsp3) is 0.625. The summed E-state index contributed by atoms with van der Waals surface area (Å²) in [7, 11) is 0. The quantitative estimate of drug-likeness (QED) is 0.778. The summed E-state index contributed by atoms with van der Waals surface area (Å²) in [5, 5.41) is 8.05. The molecule has 1 heterocycles. The Morgan fingerprint density at radius 3 is 3.00 bits per heavy atom. The lowest BCUT2D eigenvalue weighted by molar-refractivity contribution is 0.456. The van der Waals surface area contributed by atoms with E-state index in [2.05, 4.69) is 39.6 Å². The molecular formula is C16H24BrClN2. The summed E-state index contributed by atoms with van der Waals surface area (Å²) in [4.78, 5) is 0. The van der Waals surface area contributed by atoms with Crippen LogP contribution in [0.25, 0.3) is 0 Å². The highest BCUT2D eigenvalue weighted by Crippen LogP contribution is 2.30. The Bertz CT molecular complexity index is 442. The second-order valence-electron chi connectivity index (χ2n) is 5.86. The van der Waals surface area contributed by atoms with E-state index in [0.29, 0.717) is 12.1 Å². The molecule has 2 nitrogen and oxygen atoms in total. The van der Waals surface area contributed by atoms with Crippen molar-refractivity contribution in [2.75, 3.05) is 11.9 Å². The van der Waals surface area contributed by atoms with Gasteiger partial charge in [0, 0.05) is 21.6 Å². The van der Waals surface area contributed by atoms with Crippen LogP contribution in [0.2, 0.25) is 5.02 Å². The van der Waals surface area contributed by atoms with Gasteiger partial charge in [-0.3, -0.25) is 0 Å². The van der Waals surface area contributed by atoms with Gasteiger partial charge in [-0.1, -0.05) is 24.4 Å². The van der Waals surface area contributed by atoms with Crippen molar-refractivity contribution in [3.05, 3.63) is 27.2 Å². The summed E-state index contributed by atoms with van der Waals surface area (Å²) >= 11 is 9.82. The fourth-order valence-corrected chi connectivity index (χ4v) is 3.55. The topological polar surface area (TPSA) is 24.1 Å². The van der Waals surface area contributed by atoms with Gasteiger partial charge in [0.1, 0.15) is 0 Å². The number of halogens is 2. The van der Waals surface area contributed by atoms with Crippen molar-refractivity contribution in [1.82, 2.24) is 5.32 Å². The molecule has 0 saturated carbocycles.